The third-order valence-corrected chi connectivity index (χ3v) is 3.67. The number of hydrogen-bond acceptors (Lipinski definition) is 3. The molecular weight excluding hydrogens is 224 g/mol. The minimum atomic E-state index is 0.261. The van der Waals surface area contributed by atoms with Crippen molar-refractivity contribution in [2.75, 3.05) is 24.6 Å². The molecule has 1 aromatic rings. The van der Waals surface area contributed by atoms with E-state index in [4.69, 9.17) is 5.11 Å². The highest BCUT2D eigenvalue weighted by atomic mass is 16.3. The summed E-state index contributed by atoms with van der Waals surface area (Å²) in [5.74, 6) is 0.552. The summed E-state index contributed by atoms with van der Waals surface area (Å²) in [5, 5.41) is 18.2. The van der Waals surface area contributed by atoms with E-state index in [1.54, 1.807) is 0 Å². The molecule has 1 saturated heterocycles. The van der Waals surface area contributed by atoms with Crippen molar-refractivity contribution >= 4 is 5.69 Å². The second-order valence-electron chi connectivity index (χ2n) is 5.10. The van der Waals surface area contributed by atoms with E-state index in [0.717, 1.165) is 37.2 Å². The number of hydrogen-bond donors (Lipinski definition) is 1. The molecule has 1 N–H and O–H groups in total. The van der Waals surface area contributed by atoms with Gasteiger partial charge in [0.15, 0.2) is 0 Å². The zero-order valence-electron chi connectivity index (χ0n) is 10.9. The monoisotopic (exact) mass is 244 g/mol. The lowest BCUT2D eigenvalue weighted by molar-refractivity contribution is 0.244. The van der Waals surface area contributed by atoms with Crippen LogP contribution in [-0.4, -0.2) is 24.8 Å². The van der Waals surface area contributed by atoms with Gasteiger partial charge in [-0.3, -0.25) is 0 Å². The Morgan fingerprint density at radius 2 is 2.33 bits per heavy atom. The summed E-state index contributed by atoms with van der Waals surface area (Å²) in [6, 6.07) is 8.26. The molecule has 3 heteroatoms. The van der Waals surface area contributed by atoms with Crippen molar-refractivity contribution in [1.82, 2.24) is 0 Å². The van der Waals surface area contributed by atoms with Crippen LogP contribution in [-0.2, 0) is 0 Å². The van der Waals surface area contributed by atoms with Gasteiger partial charge in [-0.05, 0) is 49.8 Å². The van der Waals surface area contributed by atoms with Gasteiger partial charge in [0.2, 0.25) is 0 Å². The summed E-state index contributed by atoms with van der Waals surface area (Å²) >= 11 is 0. The summed E-state index contributed by atoms with van der Waals surface area (Å²) in [4.78, 5) is 2.30. The zero-order valence-corrected chi connectivity index (χ0v) is 10.9. The molecule has 1 aromatic carbocycles. The normalized spacial score (nSPS) is 19.6. The first-order valence-corrected chi connectivity index (χ1v) is 6.61. The fourth-order valence-corrected chi connectivity index (χ4v) is 2.70. The number of nitrogens with zero attached hydrogens (tertiary/aromatic N) is 2. The van der Waals surface area contributed by atoms with Crippen LogP contribution in [0, 0.1) is 24.2 Å². The largest absolute Gasteiger partial charge is 0.396 e. The Morgan fingerprint density at radius 1 is 1.50 bits per heavy atom. The van der Waals surface area contributed by atoms with Crippen LogP contribution in [0.2, 0.25) is 0 Å². The molecule has 96 valence electrons. The third kappa shape index (κ3) is 2.83. The first kappa shape index (κ1) is 12.9. The SMILES string of the molecule is Cc1ccc(C#N)c(N2CCCC(CCO)C2)c1. The van der Waals surface area contributed by atoms with Gasteiger partial charge in [-0.25, -0.2) is 0 Å². The third-order valence-electron chi connectivity index (χ3n) is 3.67. The van der Waals surface area contributed by atoms with Crippen molar-refractivity contribution in [2.24, 2.45) is 5.92 Å². The molecule has 1 fully saturated rings. The summed E-state index contributed by atoms with van der Waals surface area (Å²) < 4.78 is 0. The van der Waals surface area contributed by atoms with Crippen molar-refractivity contribution in [2.45, 2.75) is 26.2 Å². The van der Waals surface area contributed by atoms with Gasteiger partial charge >= 0.3 is 0 Å². The lowest BCUT2D eigenvalue weighted by Gasteiger charge is -2.35. The summed E-state index contributed by atoms with van der Waals surface area (Å²) in [7, 11) is 0. The Morgan fingerprint density at radius 3 is 3.06 bits per heavy atom. The average Bonchev–Trinajstić information content (AvgIpc) is 2.39. The number of benzene rings is 1. The second kappa shape index (κ2) is 5.88. The van der Waals surface area contributed by atoms with Crippen molar-refractivity contribution in [3.8, 4) is 6.07 Å². The lowest BCUT2D eigenvalue weighted by atomic mass is 9.94. The molecule has 18 heavy (non-hydrogen) atoms. The van der Waals surface area contributed by atoms with Crippen LogP contribution >= 0.6 is 0 Å². The minimum Gasteiger partial charge on any atom is -0.396 e. The molecule has 0 aromatic heterocycles. The molecule has 0 amide bonds. The Labute approximate surface area is 109 Å². The van der Waals surface area contributed by atoms with Crippen LogP contribution in [0.3, 0.4) is 0 Å². The van der Waals surface area contributed by atoms with Gasteiger partial charge in [0.1, 0.15) is 6.07 Å². The maximum Gasteiger partial charge on any atom is 0.101 e. The van der Waals surface area contributed by atoms with Crippen molar-refractivity contribution < 1.29 is 5.11 Å². The van der Waals surface area contributed by atoms with Crippen LogP contribution in [0.5, 0.6) is 0 Å². The van der Waals surface area contributed by atoms with Gasteiger partial charge in [-0.15, -0.1) is 0 Å². The van der Waals surface area contributed by atoms with Crippen molar-refractivity contribution in [3.63, 3.8) is 0 Å². The molecule has 0 radical (unpaired) electrons. The predicted molar refractivity (Wildman–Crippen MR) is 72.5 cm³/mol. The van der Waals surface area contributed by atoms with Gasteiger partial charge in [0.05, 0.1) is 11.3 Å². The fraction of sp³-hybridized carbons (Fsp3) is 0.533. The predicted octanol–water partition coefficient (Wildman–Crippen LogP) is 2.47. The van der Waals surface area contributed by atoms with Gasteiger partial charge in [-0.1, -0.05) is 6.07 Å². The Hall–Kier alpha value is -1.53. The highest BCUT2D eigenvalue weighted by Gasteiger charge is 2.21. The molecule has 2 rings (SSSR count). The fourth-order valence-electron chi connectivity index (χ4n) is 2.70. The molecular formula is C15H20N2O. The number of piperidine rings is 1. The molecule has 1 aliphatic heterocycles. The van der Waals surface area contributed by atoms with Gasteiger partial charge in [-0.2, -0.15) is 5.26 Å². The maximum absolute atomic E-state index is 9.19. The van der Waals surface area contributed by atoms with E-state index in [-0.39, 0.29) is 6.61 Å². The van der Waals surface area contributed by atoms with Crippen molar-refractivity contribution in [3.05, 3.63) is 29.3 Å². The Kier molecular flexibility index (Phi) is 4.22. The summed E-state index contributed by atoms with van der Waals surface area (Å²) in [6.45, 7) is 4.29. The maximum atomic E-state index is 9.19. The number of nitriles is 1. The van der Waals surface area contributed by atoms with E-state index in [2.05, 4.69) is 24.0 Å². The molecule has 0 spiro atoms. The Bertz CT molecular complexity index is 448. The number of aliphatic hydroxyl groups is 1. The standard InChI is InChI=1S/C15H20N2O/c1-12-4-5-14(10-16)15(9-12)17-7-2-3-13(11-17)6-8-18/h4-5,9,13,18H,2-3,6-8,11H2,1H3. The van der Waals surface area contributed by atoms with E-state index < -0.39 is 0 Å². The van der Waals surface area contributed by atoms with E-state index >= 15 is 0 Å². The summed E-state index contributed by atoms with van der Waals surface area (Å²) in [5.41, 5.74) is 3.00. The first-order valence-electron chi connectivity index (χ1n) is 6.61. The smallest absolute Gasteiger partial charge is 0.101 e. The van der Waals surface area contributed by atoms with Crippen LogP contribution in [0.1, 0.15) is 30.4 Å². The van der Waals surface area contributed by atoms with Crippen molar-refractivity contribution in [1.29, 1.82) is 5.26 Å². The second-order valence-corrected chi connectivity index (χ2v) is 5.10. The number of rotatable bonds is 3. The van der Waals surface area contributed by atoms with Crippen LogP contribution in [0.25, 0.3) is 0 Å². The lowest BCUT2D eigenvalue weighted by Crippen LogP contribution is -2.36. The number of anilines is 1. The van der Waals surface area contributed by atoms with Crippen LogP contribution in [0.4, 0.5) is 5.69 Å². The quantitative estimate of drug-likeness (QED) is 0.888. The zero-order chi connectivity index (χ0) is 13.0. The molecule has 1 heterocycles. The van der Waals surface area contributed by atoms with E-state index in [1.807, 2.05) is 12.1 Å². The average molecular weight is 244 g/mol. The highest BCUT2D eigenvalue weighted by molar-refractivity contribution is 5.60. The minimum absolute atomic E-state index is 0.261. The molecule has 1 aliphatic rings. The van der Waals surface area contributed by atoms with Gasteiger partial charge < -0.3 is 10.0 Å². The first-order chi connectivity index (χ1) is 8.74. The number of aryl methyl sites for hydroxylation is 1. The highest BCUT2D eigenvalue weighted by Crippen LogP contribution is 2.28. The van der Waals surface area contributed by atoms with Gasteiger partial charge in [0, 0.05) is 19.7 Å². The molecule has 0 saturated carbocycles. The van der Waals surface area contributed by atoms with E-state index in [1.165, 1.54) is 12.0 Å². The Balaban J connectivity index is 2.20. The molecule has 1 atom stereocenters. The molecule has 0 bridgehead atoms. The molecule has 3 nitrogen and oxygen atoms in total. The number of aliphatic hydroxyl groups excluding tert-OH is 1. The summed E-state index contributed by atoms with van der Waals surface area (Å²) in [6.07, 6.45) is 3.19. The molecule has 0 aliphatic carbocycles. The van der Waals surface area contributed by atoms with Gasteiger partial charge in [0.25, 0.3) is 0 Å². The molecule has 1 unspecified atom stereocenters. The topological polar surface area (TPSA) is 47.3 Å². The van der Waals surface area contributed by atoms with Crippen LogP contribution < -0.4 is 4.90 Å². The van der Waals surface area contributed by atoms with E-state index in [9.17, 15) is 5.26 Å². The van der Waals surface area contributed by atoms with Crippen LogP contribution in [0.15, 0.2) is 18.2 Å². The van der Waals surface area contributed by atoms with E-state index in [0.29, 0.717) is 5.92 Å².